The van der Waals surface area contributed by atoms with E-state index < -0.39 is 6.04 Å². The van der Waals surface area contributed by atoms with Crippen LogP contribution < -0.4 is 20.1 Å². The molecule has 3 rings (SSSR count). The Labute approximate surface area is 177 Å². The highest BCUT2D eigenvalue weighted by molar-refractivity contribution is 5.75. The Morgan fingerprint density at radius 3 is 2.57 bits per heavy atom. The van der Waals surface area contributed by atoms with Gasteiger partial charge in [0.15, 0.2) is 0 Å². The number of hydrogen-bond acceptors (Lipinski definition) is 4. The number of imidazole rings is 1. The first-order chi connectivity index (χ1) is 14.4. The molecule has 2 aromatic carbocycles. The predicted octanol–water partition coefficient (Wildman–Crippen LogP) is 3.90. The first-order valence-electron chi connectivity index (χ1n) is 9.75. The van der Waals surface area contributed by atoms with Crippen molar-refractivity contribution in [3.05, 3.63) is 77.4 Å². The summed E-state index contributed by atoms with van der Waals surface area (Å²) in [6, 6.07) is 12.5. The van der Waals surface area contributed by atoms with Crippen molar-refractivity contribution in [2.75, 3.05) is 14.2 Å². The molecular formula is C23H28N4O3. The number of rotatable bonds is 7. The summed E-state index contributed by atoms with van der Waals surface area (Å²) in [5.41, 5.74) is 2.89. The molecule has 158 valence electrons. The number of ether oxygens (including phenoxy) is 2. The number of carbonyl (C=O) groups excluding carboxylic acids is 1. The van der Waals surface area contributed by atoms with E-state index in [2.05, 4.69) is 15.6 Å². The number of aromatic nitrogens is 2. The van der Waals surface area contributed by atoms with E-state index in [1.807, 2.05) is 74.1 Å². The van der Waals surface area contributed by atoms with Gasteiger partial charge in [0.2, 0.25) is 0 Å². The van der Waals surface area contributed by atoms with Crippen molar-refractivity contribution in [2.24, 2.45) is 7.05 Å². The molecule has 1 aromatic heterocycles. The summed E-state index contributed by atoms with van der Waals surface area (Å²) in [6.45, 7) is 3.94. The molecule has 0 aliphatic carbocycles. The van der Waals surface area contributed by atoms with Crippen molar-refractivity contribution < 1.29 is 14.3 Å². The number of aryl methyl sites for hydroxylation is 2. The minimum atomic E-state index is -0.438. The van der Waals surface area contributed by atoms with Gasteiger partial charge in [-0.15, -0.1) is 0 Å². The third-order valence-electron chi connectivity index (χ3n) is 5.02. The van der Waals surface area contributed by atoms with E-state index in [1.165, 1.54) is 0 Å². The standard InChI is InChI=1S/C23H28N4O3/c1-15-9-10-20(30-5)19(13-15)16(2)25-23(28)26-21(22-24-11-12-27(22)3)17-7-6-8-18(14-17)29-4/h6-14,16,21H,1-5H3,(H2,25,26,28)/t16-,21+/m1/s1. The number of nitrogens with one attached hydrogen (secondary N) is 2. The molecule has 0 bridgehead atoms. The first-order valence-corrected chi connectivity index (χ1v) is 9.75. The van der Waals surface area contributed by atoms with Gasteiger partial charge >= 0.3 is 6.03 Å². The van der Waals surface area contributed by atoms with E-state index in [4.69, 9.17) is 9.47 Å². The highest BCUT2D eigenvalue weighted by Crippen LogP contribution is 2.27. The van der Waals surface area contributed by atoms with Crippen LogP contribution in [-0.2, 0) is 7.05 Å². The molecule has 0 fully saturated rings. The van der Waals surface area contributed by atoms with Gasteiger partial charge in [-0.25, -0.2) is 9.78 Å². The number of nitrogens with zero attached hydrogens (tertiary/aromatic N) is 2. The number of amides is 2. The number of benzene rings is 2. The highest BCUT2D eigenvalue weighted by atomic mass is 16.5. The molecule has 30 heavy (non-hydrogen) atoms. The summed E-state index contributed by atoms with van der Waals surface area (Å²) in [7, 11) is 5.14. The van der Waals surface area contributed by atoms with Crippen LogP contribution in [0.5, 0.6) is 11.5 Å². The average Bonchev–Trinajstić information content (AvgIpc) is 3.17. The lowest BCUT2D eigenvalue weighted by Gasteiger charge is -2.23. The van der Waals surface area contributed by atoms with Crippen LogP contribution in [-0.4, -0.2) is 29.8 Å². The Balaban J connectivity index is 1.83. The van der Waals surface area contributed by atoms with Crippen LogP contribution in [0.3, 0.4) is 0 Å². The highest BCUT2D eigenvalue weighted by Gasteiger charge is 2.23. The molecule has 0 aliphatic rings. The minimum absolute atomic E-state index is 0.243. The summed E-state index contributed by atoms with van der Waals surface area (Å²) in [6.07, 6.45) is 3.56. The zero-order valence-electron chi connectivity index (χ0n) is 18.0. The number of urea groups is 1. The summed E-state index contributed by atoms with van der Waals surface area (Å²) >= 11 is 0. The molecule has 3 aromatic rings. The first kappa shape index (κ1) is 21.2. The van der Waals surface area contributed by atoms with Crippen molar-refractivity contribution in [1.29, 1.82) is 0 Å². The van der Waals surface area contributed by atoms with Gasteiger partial charge in [0.25, 0.3) is 0 Å². The normalized spacial score (nSPS) is 12.7. The fourth-order valence-electron chi connectivity index (χ4n) is 3.41. The van der Waals surface area contributed by atoms with Gasteiger partial charge in [0.1, 0.15) is 23.4 Å². The predicted molar refractivity (Wildman–Crippen MR) is 116 cm³/mol. The van der Waals surface area contributed by atoms with Gasteiger partial charge in [-0.3, -0.25) is 0 Å². The second kappa shape index (κ2) is 9.35. The molecule has 2 amide bonds. The number of carbonyl (C=O) groups is 1. The Morgan fingerprint density at radius 2 is 1.90 bits per heavy atom. The van der Waals surface area contributed by atoms with E-state index in [9.17, 15) is 4.79 Å². The third kappa shape index (κ3) is 4.74. The van der Waals surface area contributed by atoms with E-state index >= 15 is 0 Å². The van der Waals surface area contributed by atoms with Gasteiger partial charge in [-0.1, -0.05) is 29.8 Å². The van der Waals surface area contributed by atoms with E-state index in [1.54, 1.807) is 20.4 Å². The zero-order valence-corrected chi connectivity index (χ0v) is 18.0. The maximum absolute atomic E-state index is 12.9. The van der Waals surface area contributed by atoms with E-state index in [0.29, 0.717) is 5.75 Å². The maximum atomic E-state index is 12.9. The van der Waals surface area contributed by atoms with Crippen molar-refractivity contribution >= 4 is 6.03 Å². The molecule has 2 N–H and O–H groups in total. The Hall–Kier alpha value is -3.48. The van der Waals surface area contributed by atoms with Crippen molar-refractivity contribution in [3.8, 4) is 11.5 Å². The number of hydrogen-bond donors (Lipinski definition) is 2. The number of methoxy groups -OCH3 is 2. The van der Waals surface area contributed by atoms with Crippen LogP contribution in [0.1, 0.15) is 41.5 Å². The Bertz CT molecular complexity index is 1020. The van der Waals surface area contributed by atoms with E-state index in [-0.39, 0.29) is 12.1 Å². The van der Waals surface area contributed by atoms with Crippen LogP contribution in [0.15, 0.2) is 54.9 Å². The van der Waals surface area contributed by atoms with Gasteiger partial charge in [-0.2, -0.15) is 0 Å². The van der Waals surface area contributed by atoms with Gasteiger partial charge in [0, 0.05) is 25.0 Å². The van der Waals surface area contributed by atoms with Gasteiger partial charge in [0.05, 0.1) is 20.3 Å². The third-order valence-corrected chi connectivity index (χ3v) is 5.02. The van der Waals surface area contributed by atoms with Gasteiger partial charge in [-0.05, 0) is 37.6 Å². The Kier molecular flexibility index (Phi) is 6.61. The fraction of sp³-hybridized carbons (Fsp3) is 0.304. The van der Waals surface area contributed by atoms with Crippen LogP contribution in [0.4, 0.5) is 4.79 Å². The lowest BCUT2D eigenvalue weighted by molar-refractivity contribution is 0.235. The second-order valence-electron chi connectivity index (χ2n) is 7.19. The average molecular weight is 409 g/mol. The quantitative estimate of drug-likeness (QED) is 0.622. The van der Waals surface area contributed by atoms with Crippen LogP contribution in [0.25, 0.3) is 0 Å². The van der Waals surface area contributed by atoms with Crippen LogP contribution in [0.2, 0.25) is 0 Å². The lowest BCUT2D eigenvalue weighted by atomic mass is 10.0. The summed E-state index contributed by atoms with van der Waals surface area (Å²) in [4.78, 5) is 17.4. The molecule has 0 spiro atoms. The topological polar surface area (TPSA) is 77.4 Å². The molecule has 0 unspecified atom stereocenters. The minimum Gasteiger partial charge on any atom is -0.497 e. The summed E-state index contributed by atoms with van der Waals surface area (Å²) < 4.78 is 12.7. The Morgan fingerprint density at radius 1 is 1.10 bits per heavy atom. The largest absolute Gasteiger partial charge is 0.497 e. The molecule has 0 saturated heterocycles. The van der Waals surface area contributed by atoms with Crippen molar-refractivity contribution in [1.82, 2.24) is 20.2 Å². The molecule has 0 radical (unpaired) electrons. The second-order valence-corrected chi connectivity index (χ2v) is 7.19. The van der Waals surface area contributed by atoms with Crippen LogP contribution in [0, 0.1) is 6.92 Å². The smallest absolute Gasteiger partial charge is 0.316 e. The van der Waals surface area contributed by atoms with Gasteiger partial charge < -0.3 is 24.7 Å². The summed E-state index contributed by atoms with van der Waals surface area (Å²) in [5, 5.41) is 6.06. The fourth-order valence-corrected chi connectivity index (χ4v) is 3.41. The molecular weight excluding hydrogens is 380 g/mol. The lowest BCUT2D eigenvalue weighted by Crippen LogP contribution is -2.40. The molecule has 2 atom stereocenters. The maximum Gasteiger partial charge on any atom is 0.316 e. The molecule has 7 heteroatoms. The molecule has 1 heterocycles. The molecule has 7 nitrogen and oxygen atoms in total. The monoisotopic (exact) mass is 408 g/mol. The van der Waals surface area contributed by atoms with Crippen molar-refractivity contribution in [3.63, 3.8) is 0 Å². The summed E-state index contributed by atoms with van der Waals surface area (Å²) in [5.74, 6) is 2.17. The molecule has 0 aliphatic heterocycles. The van der Waals surface area contributed by atoms with Crippen LogP contribution >= 0.6 is 0 Å². The zero-order chi connectivity index (χ0) is 21.7. The SMILES string of the molecule is COc1cccc([C@H](NC(=O)N[C@H](C)c2cc(C)ccc2OC)c2nccn2C)c1. The van der Waals surface area contributed by atoms with E-state index in [0.717, 1.165) is 28.3 Å². The van der Waals surface area contributed by atoms with Crippen molar-refractivity contribution in [2.45, 2.75) is 25.9 Å². The molecule has 0 saturated carbocycles.